The van der Waals surface area contributed by atoms with Crippen LogP contribution >= 0.6 is 23.1 Å². The predicted molar refractivity (Wildman–Crippen MR) is 213 cm³/mol. The maximum Gasteiger partial charge on any atom is 0.160 e. The van der Waals surface area contributed by atoms with Gasteiger partial charge >= 0.3 is 0 Å². The lowest BCUT2D eigenvalue weighted by atomic mass is 9.67. The summed E-state index contributed by atoms with van der Waals surface area (Å²) in [5, 5.41) is 2.57. The molecule has 0 atom stereocenters. The van der Waals surface area contributed by atoms with Crippen molar-refractivity contribution in [3.8, 4) is 45.0 Å². The molecule has 0 amide bonds. The van der Waals surface area contributed by atoms with E-state index in [0.29, 0.717) is 0 Å². The summed E-state index contributed by atoms with van der Waals surface area (Å²) in [6.45, 7) is 0. The fourth-order valence-electron chi connectivity index (χ4n) is 8.49. The van der Waals surface area contributed by atoms with E-state index in [1.54, 1.807) is 0 Å². The molecule has 2 aliphatic rings. The van der Waals surface area contributed by atoms with E-state index in [4.69, 9.17) is 9.97 Å². The quantitative estimate of drug-likeness (QED) is 0.185. The Balaban J connectivity index is 1.24. The van der Waals surface area contributed by atoms with Gasteiger partial charge in [0.15, 0.2) is 5.82 Å². The average Bonchev–Trinajstić information content (AvgIpc) is 3.73. The van der Waals surface area contributed by atoms with Gasteiger partial charge < -0.3 is 0 Å². The zero-order valence-electron chi connectivity index (χ0n) is 27.4. The Hall–Kier alpha value is -5.81. The molecular weight excluding hydrogens is 657 g/mol. The Kier molecular flexibility index (Phi) is 6.30. The van der Waals surface area contributed by atoms with Gasteiger partial charge in [0.1, 0.15) is 0 Å². The summed E-state index contributed by atoms with van der Waals surface area (Å²) in [7, 11) is 0. The van der Waals surface area contributed by atoms with Crippen molar-refractivity contribution in [3.63, 3.8) is 0 Å². The molecule has 2 aromatic heterocycles. The summed E-state index contributed by atoms with van der Waals surface area (Å²) in [6.07, 6.45) is 0. The number of fused-ring (bicyclic) bond motifs is 13. The highest BCUT2D eigenvalue weighted by Gasteiger charge is 2.50. The van der Waals surface area contributed by atoms with Gasteiger partial charge in [-0.05, 0) is 57.6 Å². The van der Waals surface area contributed by atoms with Crippen molar-refractivity contribution >= 4 is 43.3 Å². The number of thiophene rings is 1. The molecule has 1 aliphatic heterocycles. The fourth-order valence-corrected chi connectivity index (χ4v) is 11.0. The Morgan fingerprint density at radius 1 is 0.412 bits per heavy atom. The lowest BCUT2D eigenvalue weighted by Crippen LogP contribution is -2.31. The van der Waals surface area contributed by atoms with Crippen LogP contribution in [-0.4, -0.2) is 9.97 Å². The summed E-state index contributed by atoms with van der Waals surface area (Å²) in [4.78, 5) is 13.0. The van der Waals surface area contributed by atoms with Crippen LogP contribution in [0.1, 0.15) is 22.3 Å². The van der Waals surface area contributed by atoms with Gasteiger partial charge in [-0.1, -0.05) is 157 Å². The average molecular weight is 685 g/mol. The van der Waals surface area contributed by atoms with Crippen molar-refractivity contribution in [1.82, 2.24) is 9.97 Å². The number of nitrogens with zero attached hydrogens (tertiary/aromatic N) is 2. The zero-order valence-corrected chi connectivity index (χ0v) is 29.0. The third-order valence-electron chi connectivity index (χ3n) is 10.6. The summed E-state index contributed by atoms with van der Waals surface area (Å²) in [5.41, 5.74) is 12.7. The van der Waals surface area contributed by atoms with Gasteiger partial charge in [0, 0.05) is 46.7 Å². The van der Waals surface area contributed by atoms with E-state index in [9.17, 15) is 0 Å². The third kappa shape index (κ3) is 4.12. The first-order valence-corrected chi connectivity index (χ1v) is 18.9. The SMILES string of the molecule is c1ccc(-c2cc(-c3cccc4sc5ccc6c(c5c34)Sc3ccccc3C63c4ccccc4-c4ccccc43)nc(-c3ccccc3)n2)cc1. The molecule has 0 fully saturated rings. The number of hydrogen-bond donors (Lipinski definition) is 0. The first-order valence-electron chi connectivity index (χ1n) is 17.2. The van der Waals surface area contributed by atoms with Crippen molar-refractivity contribution in [1.29, 1.82) is 0 Å². The van der Waals surface area contributed by atoms with E-state index < -0.39 is 5.41 Å². The molecule has 0 radical (unpaired) electrons. The molecule has 0 unspecified atom stereocenters. The van der Waals surface area contributed by atoms with Gasteiger partial charge in [-0.25, -0.2) is 9.97 Å². The van der Waals surface area contributed by atoms with E-state index in [-0.39, 0.29) is 0 Å². The standard InChI is InChI=1S/C47H28N2S2/c1-3-14-29(15-4-1)38-28-39(49-46(48-38)30-16-5-2-6-17-30)33-20-13-25-41-43(33)44-42(50-41)27-26-37-45(44)51-40-24-12-11-23-36(40)47(37)34-21-9-7-18-31(34)32-19-8-10-22-35(32)47/h1-28H. The highest BCUT2D eigenvalue weighted by molar-refractivity contribution is 7.99. The van der Waals surface area contributed by atoms with Crippen molar-refractivity contribution in [2.45, 2.75) is 15.2 Å². The smallest absolute Gasteiger partial charge is 0.160 e. The topological polar surface area (TPSA) is 25.8 Å². The molecular formula is C47H28N2S2. The largest absolute Gasteiger partial charge is 0.228 e. The lowest BCUT2D eigenvalue weighted by molar-refractivity contribution is 0.726. The fraction of sp³-hybridized carbons (Fsp3) is 0.0213. The summed E-state index contributed by atoms with van der Waals surface area (Å²) in [5.74, 6) is 0.729. The monoisotopic (exact) mass is 684 g/mol. The number of benzene rings is 7. The van der Waals surface area contributed by atoms with Crippen LogP contribution in [0.5, 0.6) is 0 Å². The molecule has 0 saturated carbocycles. The van der Waals surface area contributed by atoms with Crippen LogP contribution < -0.4 is 0 Å². The van der Waals surface area contributed by atoms with Crippen LogP contribution in [0.3, 0.4) is 0 Å². The first-order chi connectivity index (χ1) is 25.3. The predicted octanol–water partition coefficient (Wildman–Crippen LogP) is 12.7. The summed E-state index contributed by atoms with van der Waals surface area (Å²) >= 11 is 3.79. The number of rotatable bonds is 3. The highest BCUT2D eigenvalue weighted by atomic mass is 32.2. The molecule has 9 aromatic rings. The number of aromatic nitrogens is 2. The van der Waals surface area contributed by atoms with Crippen LogP contribution in [0, 0.1) is 0 Å². The van der Waals surface area contributed by atoms with Gasteiger partial charge in [0.2, 0.25) is 0 Å². The zero-order chi connectivity index (χ0) is 33.5. The van der Waals surface area contributed by atoms with E-state index in [2.05, 4.69) is 164 Å². The van der Waals surface area contributed by atoms with Crippen LogP contribution in [0.4, 0.5) is 0 Å². The van der Waals surface area contributed by atoms with E-state index in [0.717, 1.165) is 33.9 Å². The first kappa shape index (κ1) is 29.0. The van der Waals surface area contributed by atoms with Crippen LogP contribution in [0.15, 0.2) is 180 Å². The van der Waals surface area contributed by atoms with Crippen molar-refractivity contribution < 1.29 is 0 Å². The summed E-state index contributed by atoms with van der Waals surface area (Å²) in [6, 6.07) is 61.5. The molecule has 1 spiro atoms. The minimum Gasteiger partial charge on any atom is -0.228 e. The number of hydrogen-bond acceptors (Lipinski definition) is 4. The molecule has 2 nitrogen and oxygen atoms in total. The van der Waals surface area contributed by atoms with E-state index in [1.165, 1.54) is 63.3 Å². The maximum atomic E-state index is 5.30. The molecule has 0 saturated heterocycles. The van der Waals surface area contributed by atoms with Crippen LogP contribution in [0.25, 0.3) is 65.2 Å². The molecule has 3 heterocycles. The van der Waals surface area contributed by atoms with E-state index >= 15 is 0 Å². The van der Waals surface area contributed by atoms with Crippen molar-refractivity contribution in [2.24, 2.45) is 0 Å². The van der Waals surface area contributed by atoms with Gasteiger partial charge in [0.25, 0.3) is 0 Å². The Morgan fingerprint density at radius 2 is 1.00 bits per heavy atom. The van der Waals surface area contributed by atoms with Crippen LogP contribution in [0.2, 0.25) is 0 Å². The minimum absolute atomic E-state index is 0.419. The molecule has 0 bridgehead atoms. The summed E-state index contributed by atoms with van der Waals surface area (Å²) < 4.78 is 2.55. The van der Waals surface area contributed by atoms with E-state index in [1.807, 2.05) is 29.2 Å². The molecule has 4 heteroatoms. The normalized spacial score (nSPS) is 13.6. The van der Waals surface area contributed by atoms with Crippen molar-refractivity contribution in [2.75, 3.05) is 0 Å². The Labute approximate surface area is 304 Å². The second-order valence-electron chi connectivity index (χ2n) is 13.2. The van der Waals surface area contributed by atoms with Gasteiger partial charge in [-0.15, -0.1) is 11.3 Å². The van der Waals surface area contributed by atoms with Gasteiger partial charge in [-0.3, -0.25) is 0 Å². The molecule has 51 heavy (non-hydrogen) atoms. The maximum absolute atomic E-state index is 5.30. The Morgan fingerprint density at radius 3 is 1.75 bits per heavy atom. The minimum atomic E-state index is -0.419. The van der Waals surface area contributed by atoms with Crippen LogP contribution in [-0.2, 0) is 5.41 Å². The molecule has 1 aliphatic carbocycles. The van der Waals surface area contributed by atoms with Crippen molar-refractivity contribution in [3.05, 3.63) is 192 Å². The molecule has 7 aromatic carbocycles. The molecule has 11 rings (SSSR count). The molecule has 0 N–H and O–H groups in total. The van der Waals surface area contributed by atoms with Gasteiger partial charge in [-0.2, -0.15) is 0 Å². The second kappa shape index (κ2) is 11.1. The molecule has 238 valence electrons. The Bertz CT molecular complexity index is 2730. The highest BCUT2D eigenvalue weighted by Crippen LogP contribution is 2.63. The van der Waals surface area contributed by atoms with Gasteiger partial charge in [0.05, 0.1) is 16.8 Å². The third-order valence-corrected chi connectivity index (χ3v) is 12.9. The second-order valence-corrected chi connectivity index (χ2v) is 15.4. The lowest BCUT2D eigenvalue weighted by Gasteiger charge is -2.40.